The molecule has 4 heteroatoms. The Bertz CT molecular complexity index is 653. The molecule has 1 amide bonds. The van der Waals surface area contributed by atoms with Crippen LogP contribution in [0.2, 0.25) is 0 Å². The highest BCUT2D eigenvalue weighted by Gasteiger charge is 2.15. The summed E-state index contributed by atoms with van der Waals surface area (Å²) >= 11 is 6.15. The molecular formula is C17H18ClNO2. The van der Waals surface area contributed by atoms with Gasteiger partial charge in [0.25, 0.3) is 5.91 Å². The van der Waals surface area contributed by atoms with E-state index in [1.807, 2.05) is 44.2 Å². The molecule has 21 heavy (non-hydrogen) atoms. The molecule has 2 aromatic rings. The average Bonchev–Trinajstić information content (AvgIpc) is 2.47. The summed E-state index contributed by atoms with van der Waals surface area (Å²) in [5, 5.41) is 2.73. The van der Waals surface area contributed by atoms with E-state index in [0.717, 1.165) is 11.1 Å². The van der Waals surface area contributed by atoms with Gasteiger partial charge in [0.1, 0.15) is 5.75 Å². The molecule has 110 valence electrons. The molecule has 0 aliphatic heterocycles. The van der Waals surface area contributed by atoms with Crippen molar-refractivity contribution >= 4 is 23.2 Å². The smallest absolute Gasteiger partial charge is 0.259 e. The molecule has 0 saturated heterocycles. The third-order valence-electron chi connectivity index (χ3n) is 3.24. The van der Waals surface area contributed by atoms with Crippen LogP contribution in [0.25, 0.3) is 0 Å². The summed E-state index contributed by atoms with van der Waals surface area (Å²) < 4.78 is 5.25. The molecule has 3 nitrogen and oxygen atoms in total. The highest BCUT2D eigenvalue weighted by molar-refractivity contribution is 6.21. The zero-order valence-corrected chi connectivity index (χ0v) is 13.1. The van der Waals surface area contributed by atoms with Crippen LogP contribution < -0.4 is 10.1 Å². The Morgan fingerprint density at radius 2 is 1.95 bits per heavy atom. The van der Waals surface area contributed by atoms with Gasteiger partial charge in [0.2, 0.25) is 0 Å². The number of halogens is 1. The zero-order chi connectivity index (χ0) is 15.4. The monoisotopic (exact) mass is 303 g/mol. The summed E-state index contributed by atoms with van der Waals surface area (Å²) in [6.07, 6.45) is 0. The fourth-order valence-corrected chi connectivity index (χ4v) is 2.34. The first-order valence-electron chi connectivity index (χ1n) is 6.72. The molecule has 0 aromatic heterocycles. The van der Waals surface area contributed by atoms with Gasteiger partial charge >= 0.3 is 0 Å². The van der Waals surface area contributed by atoms with Crippen LogP contribution in [-0.2, 0) is 0 Å². The maximum atomic E-state index is 12.5. The Hall–Kier alpha value is -2.00. The minimum Gasteiger partial charge on any atom is -0.496 e. The van der Waals surface area contributed by atoms with E-state index >= 15 is 0 Å². The first-order valence-corrected chi connectivity index (χ1v) is 7.15. The lowest BCUT2D eigenvalue weighted by molar-refractivity contribution is 0.102. The molecule has 2 rings (SSSR count). The Morgan fingerprint density at radius 1 is 1.24 bits per heavy atom. The first kappa shape index (κ1) is 15.4. The van der Waals surface area contributed by atoms with Crippen molar-refractivity contribution in [3.8, 4) is 5.75 Å². The second-order valence-corrected chi connectivity index (χ2v) is 5.52. The molecule has 0 fully saturated rings. The number of rotatable bonds is 4. The van der Waals surface area contributed by atoms with Gasteiger partial charge in [-0.15, -0.1) is 11.6 Å². The molecule has 0 saturated carbocycles. The number of carbonyl (C=O) groups is 1. The van der Waals surface area contributed by atoms with Crippen molar-refractivity contribution in [1.29, 1.82) is 0 Å². The number of anilines is 1. The van der Waals surface area contributed by atoms with Crippen LogP contribution in [0.4, 0.5) is 5.69 Å². The van der Waals surface area contributed by atoms with E-state index in [-0.39, 0.29) is 11.3 Å². The molecule has 0 bridgehead atoms. The van der Waals surface area contributed by atoms with Crippen molar-refractivity contribution in [2.24, 2.45) is 0 Å². The lowest BCUT2D eigenvalue weighted by Crippen LogP contribution is -2.14. The van der Waals surface area contributed by atoms with Crippen molar-refractivity contribution in [2.75, 3.05) is 12.4 Å². The minimum atomic E-state index is -0.208. The summed E-state index contributed by atoms with van der Waals surface area (Å²) in [5.41, 5.74) is 3.11. The van der Waals surface area contributed by atoms with Crippen LogP contribution in [0.1, 0.15) is 33.8 Å². The summed E-state index contributed by atoms with van der Waals surface area (Å²) in [6, 6.07) is 13.0. The predicted molar refractivity (Wildman–Crippen MR) is 86.4 cm³/mol. The van der Waals surface area contributed by atoms with Crippen molar-refractivity contribution in [3.05, 3.63) is 59.2 Å². The maximum Gasteiger partial charge on any atom is 0.259 e. The SMILES string of the molecule is COc1ccc(C)cc1C(=O)Nc1ccccc1C(C)Cl. The molecule has 0 spiro atoms. The van der Waals surface area contributed by atoms with Gasteiger partial charge in [-0.2, -0.15) is 0 Å². The Labute approximate surface area is 129 Å². The van der Waals surface area contributed by atoms with E-state index in [4.69, 9.17) is 16.3 Å². The second kappa shape index (κ2) is 6.64. The maximum absolute atomic E-state index is 12.5. The molecular weight excluding hydrogens is 286 g/mol. The number of nitrogens with one attached hydrogen (secondary N) is 1. The first-order chi connectivity index (χ1) is 10.0. The number of carbonyl (C=O) groups excluding carboxylic acids is 1. The second-order valence-electron chi connectivity index (χ2n) is 4.86. The van der Waals surface area contributed by atoms with Crippen molar-refractivity contribution in [3.63, 3.8) is 0 Å². The average molecular weight is 304 g/mol. The van der Waals surface area contributed by atoms with E-state index in [2.05, 4.69) is 5.32 Å². The van der Waals surface area contributed by atoms with E-state index in [9.17, 15) is 4.79 Å². The van der Waals surface area contributed by atoms with Gasteiger partial charge < -0.3 is 10.1 Å². The van der Waals surface area contributed by atoms with Crippen molar-refractivity contribution in [2.45, 2.75) is 19.2 Å². The van der Waals surface area contributed by atoms with Crippen LogP contribution in [0.15, 0.2) is 42.5 Å². The van der Waals surface area contributed by atoms with Crippen LogP contribution in [0.3, 0.4) is 0 Å². The number of benzene rings is 2. The largest absolute Gasteiger partial charge is 0.496 e. The zero-order valence-electron chi connectivity index (χ0n) is 12.3. The quantitative estimate of drug-likeness (QED) is 0.841. The van der Waals surface area contributed by atoms with Gasteiger partial charge in [0.15, 0.2) is 0 Å². The fraction of sp³-hybridized carbons (Fsp3) is 0.235. The number of hydrogen-bond acceptors (Lipinski definition) is 2. The molecule has 2 aromatic carbocycles. The number of methoxy groups -OCH3 is 1. The van der Waals surface area contributed by atoms with Crippen molar-refractivity contribution in [1.82, 2.24) is 0 Å². The van der Waals surface area contributed by atoms with Crippen LogP contribution >= 0.6 is 11.6 Å². The lowest BCUT2D eigenvalue weighted by Gasteiger charge is -2.14. The topological polar surface area (TPSA) is 38.3 Å². The number of alkyl halides is 1. The standard InChI is InChI=1S/C17H18ClNO2/c1-11-8-9-16(21-3)14(10-11)17(20)19-15-7-5-4-6-13(15)12(2)18/h4-10,12H,1-3H3,(H,19,20). The molecule has 0 radical (unpaired) electrons. The van der Waals surface area contributed by atoms with Gasteiger partial charge in [-0.05, 0) is 37.6 Å². The third-order valence-corrected chi connectivity index (χ3v) is 3.47. The van der Waals surface area contributed by atoms with Crippen LogP contribution in [-0.4, -0.2) is 13.0 Å². The van der Waals surface area contributed by atoms with Crippen LogP contribution in [0, 0.1) is 6.92 Å². The van der Waals surface area contributed by atoms with Gasteiger partial charge in [0, 0.05) is 5.69 Å². The molecule has 0 heterocycles. The van der Waals surface area contributed by atoms with Crippen LogP contribution in [0.5, 0.6) is 5.75 Å². The summed E-state index contributed by atoms with van der Waals surface area (Å²) in [5.74, 6) is 0.342. The molecule has 0 aliphatic rings. The number of para-hydroxylation sites is 1. The Balaban J connectivity index is 2.33. The van der Waals surface area contributed by atoms with Gasteiger partial charge in [0.05, 0.1) is 18.1 Å². The summed E-state index contributed by atoms with van der Waals surface area (Å²) in [6.45, 7) is 3.81. The number of amides is 1. The predicted octanol–water partition coefficient (Wildman–Crippen LogP) is 4.56. The minimum absolute atomic E-state index is 0.180. The van der Waals surface area contributed by atoms with Gasteiger partial charge in [-0.3, -0.25) is 4.79 Å². The number of hydrogen-bond donors (Lipinski definition) is 1. The van der Waals surface area contributed by atoms with Gasteiger partial charge in [-0.1, -0.05) is 29.8 Å². The summed E-state index contributed by atoms with van der Waals surface area (Å²) in [7, 11) is 1.55. The molecule has 1 unspecified atom stereocenters. The normalized spacial score (nSPS) is 11.8. The highest BCUT2D eigenvalue weighted by Crippen LogP contribution is 2.28. The van der Waals surface area contributed by atoms with E-state index in [0.29, 0.717) is 17.0 Å². The van der Waals surface area contributed by atoms with E-state index in [1.165, 1.54) is 0 Å². The lowest BCUT2D eigenvalue weighted by atomic mass is 10.1. The van der Waals surface area contributed by atoms with E-state index in [1.54, 1.807) is 19.2 Å². The van der Waals surface area contributed by atoms with Gasteiger partial charge in [-0.25, -0.2) is 0 Å². The van der Waals surface area contributed by atoms with E-state index < -0.39 is 0 Å². The number of aryl methyl sites for hydroxylation is 1. The molecule has 1 atom stereocenters. The summed E-state index contributed by atoms with van der Waals surface area (Å²) in [4.78, 5) is 12.5. The van der Waals surface area contributed by atoms with Crippen molar-refractivity contribution < 1.29 is 9.53 Å². The Kier molecular flexibility index (Phi) is 4.86. The Morgan fingerprint density at radius 3 is 2.62 bits per heavy atom. The third kappa shape index (κ3) is 3.56. The molecule has 0 aliphatic carbocycles. The number of ether oxygens (including phenoxy) is 1. The fourth-order valence-electron chi connectivity index (χ4n) is 2.15. The molecule has 1 N–H and O–H groups in total. The highest BCUT2D eigenvalue weighted by atomic mass is 35.5.